The molecule has 34 heavy (non-hydrogen) atoms. The van der Waals surface area contributed by atoms with E-state index >= 15 is 0 Å². The number of aryl methyl sites for hydroxylation is 1. The van der Waals surface area contributed by atoms with Gasteiger partial charge in [0, 0.05) is 22.6 Å². The average molecular weight is 450 g/mol. The summed E-state index contributed by atoms with van der Waals surface area (Å²) in [5.74, 6) is 1.11. The molecular formula is C29H22O5. The Bertz CT molecular complexity index is 1580. The van der Waals surface area contributed by atoms with Crippen molar-refractivity contribution < 1.29 is 18.7 Å². The minimum absolute atomic E-state index is 0.118. The van der Waals surface area contributed by atoms with E-state index in [1.807, 2.05) is 73.7 Å². The number of rotatable bonds is 6. The number of Topliss-reactive ketones (excluding diaryl/α,β-unsaturated/α-hetero) is 1. The van der Waals surface area contributed by atoms with E-state index in [4.69, 9.17) is 13.9 Å². The van der Waals surface area contributed by atoms with Gasteiger partial charge in [0.25, 0.3) is 0 Å². The van der Waals surface area contributed by atoms with E-state index in [9.17, 15) is 9.59 Å². The van der Waals surface area contributed by atoms with E-state index in [-0.39, 0.29) is 12.4 Å². The number of hydrogen-bond acceptors (Lipinski definition) is 5. The molecular weight excluding hydrogens is 428 g/mol. The maximum Gasteiger partial charge on any atom is 0.336 e. The highest BCUT2D eigenvalue weighted by molar-refractivity contribution is 6.01. The van der Waals surface area contributed by atoms with Crippen LogP contribution >= 0.6 is 0 Å². The summed E-state index contributed by atoms with van der Waals surface area (Å²) in [5, 5.41) is 2.87. The third-order valence-electron chi connectivity index (χ3n) is 5.94. The van der Waals surface area contributed by atoms with Crippen LogP contribution < -0.4 is 15.1 Å². The molecule has 0 radical (unpaired) electrons. The van der Waals surface area contributed by atoms with Crippen LogP contribution in [0.25, 0.3) is 32.9 Å². The molecule has 1 aromatic heterocycles. The first-order valence-electron chi connectivity index (χ1n) is 10.9. The molecule has 0 N–H and O–H groups in total. The van der Waals surface area contributed by atoms with E-state index in [0.717, 1.165) is 33.0 Å². The zero-order valence-corrected chi connectivity index (χ0v) is 18.8. The maximum absolute atomic E-state index is 12.8. The Labute approximate surface area is 196 Å². The van der Waals surface area contributed by atoms with Gasteiger partial charge in [-0.15, -0.1) is 0 Å². The van der Waals surface area contributed by atoms with Gasteiger partial charge in [-0.2, -0.15) is 0 Å². The van der Waals surface area contributed by atoms with Gasteiger partial charge in [-0.05, 0) is 59.2 Å². The lowest BCUT2D eigenvalue weighted by molar-refractivity contribution is 0.0921. The number of hydrogen-bond donors (Lipinski definition) is 0. The van der Waals surface area contributed by atoms with Crippen LogP contribution in [0.15, 0.2) is 94.1 Å². The lowest BCUT2D eigenvalue weighted by atomic mass is 10.00. The van der Waals surface area contributed by atoms with Crippen molar-refractivity contribution in [3.63, 3.8) is 0 Å². The summed E-state index contributed by atoms with van der Waals surface area (Å²) in [4.78, 5) is 25.1. The standard InChI is InChI=1S/C29H22O5/c1-18-27(33-17-26(30)22-8-7-19-5-3-4-6-21(19)15-22)14-13-24-25(16-28(31)34-29(18)24)20-9-11-23(32-2)12-10-20/h3-16H,17H2,1-2H3. The minimum Gasteiger partial charge on any atom is -0.497 e. The van der Waals surface area contributed by atoms with Gasteiger partial charge in [-0.1, -0.05) is 48.5 Å². The van der Waals surface area contributed by atoms with Gasteiger partial charge < -0.3 is 13.9 Å². The molecule has 0 amide bonds. The van der Waals surface area contributed by atoms with Crippen LogP contribution in [-0.2, 0) is 0 Å². The van der Waals surface area contributed by atoms with Crippen molar-refractivity contribution in [1.29, 1.82) is 0 Å². The van der Waals surface area contributed by atoms with E-state index in [2.05, 4.69) is 0 Å². The zero-order chi connectivity index (χ0) is 23.7. The molecule has 0 aliphatic heterocycles. The molecule has 0 saturated heterocycles. The number of carbonyl (C=O) groups is 1. The molecule has 1 heterocycles. The first-order valence-corrected chi connectivity index (χ1v) is 10.9. The zero-order valence-electron chi connectivity index (χ0n) is 18.8. The summed E-state index contributed by atoms with van der Waals surface area (Å²) < 4.78 is 16.6. The molecule has 4 aromatic carbocycles. The molecule has 0 fully saturated rings. The smallest absolute Gasteiger partial charge is 0.336 e. The third kappa shape index (κ3) is 4.04. The monoisotopic (exact) mass is 450 g/mol. The first kappa shape index (κ1) is 21.5. The van der Waals surface area contributed by atoms with Gasteiger partial charge >= 0.3 is 5.63 Å². The van der Waals surface area contributed by atoms with Gasteiger partial charge in [-0.3, -0.25) is 4.79 Å². The second-order valence-corrected chi connectivity index (χ2v) is 8.05. The third-order valence-corrected chi connectivity index (χ3v) is 5.94. The number of benzene rings is 4. The first-order chi connectivity index (χ1) is 16.5. The molecule has 0 spiro atoms. The van der Waals surface area contributed by atoms with E-state index in [1.54, 1.807) is 19.2 Å². The molecule has 0 atom stereocenters. The van der Waals surface area contributed by atoms with Gasteiger partial charge in [0.15, 0.2) is 12.4 Å². The van der Waals surface area contributed by atoms with E-state index in [0.29, 0.717) is 22.5 Å². The molecule has 168 valence electrons. The summed E-state index contributed by atoms with van der Waals surface area (Å²) in [6.07, 6.45) is 0. The normalized spacial score (nSPS) is 11.0. The molecule has 5 nitrogen and oxygen atoms in total. The largest absolute Gasteiger partial charge is 0.497 e. The molecule has 0 unspecified atom stereocenters. The highest BCUT2D eigenvalue weighted by atomic mass is 16.5. The molecule has 0 aliphatic carbocycles. The van der Waals surface area contributed by atoms with Gasteiger partial charge in [0.1, 0.15) is 17.1 Å². The lowest BCUT2D eigenvalue weighted by Gasteiger charge is -2.13. The quantitative estimate of drug-likeness (QED) is 0.228. The van der Waals surface area contributed by atoms with Crippen molar-refractivity contribution in [3.05, 3.63) is 106 Å². The van der Waals surface area contributed by atoms with Crippen molar-refractivity contribution >= 4 is 27.5 Å². The van der Waals surface area contributed by atoms with Gasteiger partial charge in [0.2, 0.25) is 0 Å². The van der Waals surface area contributed by atoms with Crippen molar-refractivity contribution in [2.24, 2.45) is 0 Å². The summed E-state index contributed by atoms with van der Waals surface area (Å²) in [5.41, 5.74) is 2.87. The number of fused-ring (bicyclic) bond motifs is 2. The van der Waals surface area contributed by atoms with Crippen LogP contribution in [0.4, 0.5) is 0 Å². The summed E-state index contributed by atoms with van der Waals surface area (Å²) >= 11 is 0. The minimum atomic E-state index is -0.453. The number of methoxy groups -OCH3 is 1. The Hall–Kier alpha value is -4.38. The van der Waals surface area contributed by atoms with Crippen molar-refractivity contribution in [3.8, 4) is 22.6 Å². The highest BCUT2D eigenvalue weighted by Crippen LogP contribution is 2.33. The Balaban J connectivity index is 1.44. The average Bonchev–Trinajstić information content (AvgIpc) is 2.87. The van der Waals surface area contributed by atoms with Gasteiger partial charge in [-0.25, -0.2) is 4.79 Å². The van der Waals surface area contributed by atoms with Gasteiger partial charge in [0.05, 0.1) is 7.11 Å². The van der Waals surface area contributed by atoms with Crippen LogP contribution in [0.2, 0.25) is 0 Å². The predicted octanol–water partition coefficient (Wildman–Crippen LogP) is 6.19. The van der Waals surface area contributed by atoms with Crippen LogP contribution in [0.5, 0.6) is 11.5 Å². The SMILES string of the molecule is COc1ccc(-c2cc(=O)oc3c(C)c(OCC(=O)c4ccc5ccccc5c4)ccc23)cc1. The second-order valence-electron chi connectivity index (χ2n) is 8.05. The Kier molecular flexibility index (Phi) is 5.60. The van der Waals surface area contributed by atoms with Crippen LogP contribution in [0.3, 0.4) is 0 Å². The molecule has 5 heteroatoms. The summed E-state index contributed by atoms with van der Waals surface area (Å²) in [6.45, 7) is 1.70. The number of ether oxygens (including phenoxy) is 2. The molecule has 5 rings (SSSR count). The van der Waals surface area contributed by atoms with Crippen LogP contribution in [-0.4, -0.2) is 19.5 Å². The Morgan fingerprint density at radius 3 is 2.41 bits per heavy atom. The van der Waals surface area contributed by atoms with Crippen molar-refractivity contribution in [1.82, 2.24) is 0 Å². The predicted molar refractivity (Wildman–Crippen MR) is 133 cm³/mol. The number of carbonyl (C=O) groups excluding carboxylic acids is 1. The lowest BCUT2D eigenvalue weighted by Crippen LogP contribution is -2.12. The van der Waals surface area contributed by atoms with Crippen molar-refractivity contribution in [2.75, 3.05) is 13.7 Å². The summed E-state index contributed by atoms with van der Waals surface area (Å²) in [6, 6.07) is 26.1. The molecule has 0 saturated carbocycles. The fourth-order valence-electron chi connectivity index (χ4n) is 4.10. The Morgan fingerprint density at radius 1 is 0.882 bits per heavy atom. The highest BCUT2D eigenvalue weighted by Gasteiger charge is 2.15. The number of ketones is 1. The van der Waals surface area contributed by atoms with E-state index < -0.39 is 5.63 Å². The molecule has 0 bridgehead atoms. The fraction of sp³-hybridized carbons (Fsp3) is 0.103. The van der Waals surface area contributed by atoms with Crippen molar-refractivity contribution in [2.45, 2.75) is 6.92 Å². The van der Waals surface area contributed by atoms with Crippen LogP contribution in [0, 0.1) is 6.92 Å². The Morgan fingerprint density at radius 2 is 1.65 bits per heavy atom. The van der Waals surface area contributed by atoms with Crippen LogP contribution in [0.1, 0.15) is 15.9 Å². The second kappa shape index (κ2) is 8.87. The maximum atomic E-state index is 12.8. The fourth-order valence-corrected chi connectivity index (χ4v) is 4.10. The molecule has 0 aliphatic rings. The topological polar surface area (TPSA) is 65.7 Å². The molecule has 5 aromatic rings. The summed E-state index contributed by atoms with van der Waals surface area (Å²) in [7, 11) is 1.61. The van der Waals surface area contributed by atoms with E-state index in [1.165, 1.54) is 6.07 Å².